The first-order valence-electron chi connectivity index (χ1n) is 14.6. The van der Waals surface area contributed by atoms with Gasteiger partial charge in [0, 0.05) is 42.3 Å². The highest BCUT2D eigenvalue weighted by molar-refractivity contribution is 7.91. The summed E-state index contributed by atoms with van der Waals surface area (Å²) in [4.78, 5) is 26.3. The summed E-state index contributed by atoms with van der Waals surface area (Å²) in [5, 5.41) is 13.9. The lowest BCUT2D eigenvalue weighted by Gasteiger charge is -2.31. The van der Waals surface area contributed by atoms with E-state index in [1.54, 1.807) is 36.7 Å². The van der Waals surface area contributed by atoms with Crippen molar-refractivity contribution in [3.8, 4) is 22.9 Å². The topological polar surface area (TPSA) is 147 Å². The van der Waals surface area contributed by atoms with Crippen molar-refractivity contribution in [2.45, 2.75) is 31.6 Å². The normalized spacial score (nSPS) is 15.0. The molecule has 1 fully saturated rings. The highest BCUT2D eigenvalue weighted by atomic mass is 32.2. The Bertz CT molecular complexity index is 2010. The van der Waals surface area contributed by atoms with Crippen molar-refractivity contribution in [3.05, 3.63) is 102 Å². The molecule has 1 atom stereocenters. The van der Waals surface area contributed by atoms with Crippen molar-refractivity contribution in [1.82, 2.24) is 19.9 Å². The number of amides is 1. The Morgan fingerprint density at radius 3 is 2.65 bits per heavy atom. The Morgan fingerprint density at radius 1 is 1.02 bits per heavy atom. The number of halogens is 1. The van der Waals surface area contributed by atoms with Gasteiger partial charge in [0.1, 0.15) is 11.6 Å². The molecule has 1 unspecified atom stereocenters. The van der Waals surface area contributed by atoms with Crippen LogP contribution in [0.25, 0.3) is 22.0 Å². The predicted octanol–water partition coefficient (Wildman–Crippen LogP) is 6.43. The van der Waals surface area contributed by atoms with Gasteiger partial charge in [0.15, 0.2) is 0 Å². The molecule has 3 aromatic carbocycles. The number of hydrogen-bond acceptors (Lipinski definition) is 8. The molecule has 0 saturated carbocycles. The summed E-state index contributed by atoms with van der Waals surface area (Å²) in [5.74, 6) is 0.404. The molecule has 3 N–H and O–H groups in total. The van der Waals surface area contributed by atoms with E-state index in [0.29, 0.717) is 63.9 Å². The molecular weight excluding hydrogens is 611 g/mol. The van der Waals surface area contributed by atoms with Crippen molar-refractivity contribution >= 4 is 38.5 Å². The van der Waals surface area contributed by atoms with E-state index >= 15 is 0 Å². The number of fused-ring (bicyclic) bond motifs is 1. The summed E-state index contributed by atoms with van der Waals surface area (Å²) in [5.41, 5.74) is 2.80. The number of hydrogen-bond donors (Lipinski definition) is 3. The quantitative estimate of drug-likeness (QED) is 0.166. The van der Waals surface area contributed by atoms with Crippen LogP contribution < -0.4 is 14.8 Å². The fraction of sp³-hybridized carbons (Fsp3) is 0.212. The summed E-state index contributed by atoms with van der Waals surface area (Å²) < 4.78 is 48.5. The molecule has 1 saturated heterocycles. The van der Waals surface area contributed by atoms with E-state index in [0.717, 1.165) is 18.4 Å². The van der Waals surface area contributed by atoms with Crippen LogP contribution in [0.15, 0.2) is 85.2 Å². The van der Waals surface area contributed by atoms with Gasteiger partial charge in [-0.1, -0.05) is 36.4 Å². The highest BCUT2D eigenvalue weighted by Crippen LogP contribution is 2.39. The maximum absolute atomic E-state index is 13.3. The Labute approximate surface area is 265 Å². The van der Waals surface area contributed by atoms with Crippen molar-refractivity contribution in [2.24, 2.45) is 0 Å². The van der Waals surface area contributed by atoms with Crippen LogP contribution in [-0.2, 0) is 15.8 Å². The van der Waals surface area contributed by atoms with Crippen molar-refractivity contribution in [2.75, 3.05) is 23.1 Å². The first-order valence-corrected chi connectivity index (χ1v) is 16.3. The van der Waals surface area contributed by atoms with Crippen LogP contribution >= 0.6 is 0 Å². The molecule has 1 amide bonds. The summed E-state index contributed by atoms with van der Waals surface area (Å²) >= 11 is 0. The van der Waals surface area contributed by atoms with Gasteiger partial charge in [0.2, 0.25) is 21.9 Å². The molecule has 0 bridgehead atoms. The second kappa shape index (κ2) is 13.0. The van der Waals surface area contributed by atoms with Crippen molar-refractivity contribution in [3.63, 3.8) is 0 Å². The minimum atomic E-state index is -3.82. The van der Waals surface area contributed by atoms with Crippen LogP contribution in [-0.4, -0.2) is 58.6 Å². The van der Waals surface area contributed by atoms with Gasteiger partial charge in [-0.05, 0) is 67.3 Å². The molecule has 1 aliphatic heterocycles. The first kappa shape index (κ1) is 30.7. The lowest BCUT2D eigenvalue weighted by atomic mass is 10.0. The van der Waals surface area contributed by atoms with Crippen LogP contribution in [0.4, 0.5) is 20.8 Å². The first-order chi connectivity index (χ1) is 22.1. The van der Waals surface area contributed by atoms with E-state index in [-0.39, 0.29) is 11.8 Å². The van der Waals surface area contributed by atoms with Crippen LogP contribution in [0.1, 0.15) is 24.0 Å². The van der Waals surface area contributed by atoms with Gasteiger partial charge >= 0.3 is 6.09 Å². The third kappa shape index (κ3) is 6.99. The van der Waals surface area contributed by atoms with Gasteiger partial charge in [-0.15, -0.1) is 0 Å². The summed E-state index contributed by atoms with van der Waals surface area (Å²) in [6.07, 6.45) is 3.82. The molecule has 3 heterocycles. The number of sulfonamides is 1. The molecular formula is C33H31FN6O5S. The van der Waals surface area contributed by atoms with Gasteiger partial charge < -0.3 is 20.1 Å². The zero-order valence-corrected chi connectivity index (χ0v) is 25.7. The molecule has 6 rings (SSSR count). The molecule has 236 valence electrons. The number of nitrogens with one attached hydrogen (secondary N) is 2. The van der Waals surface area contributed by atoms with Gasteiger partial charge in [-0.2, -0.15) is 0 Å². The minimum absolute atomic E-state index is 0.120. The molecule has 1 aliphatic rings. The van der Waals surface area contributed by atoms with E-state index in [1.807, 2.05) is 31.2 Å². The van der Waals surface area contributed by atoms with Gasteiger partial charge in [-0.3, -0.25) is 4.72 Å². The second-order valence-corrected chi connectivity index (χ2v) is 12.8. The monoisotopic (exact) mass is 642 g/mol. The molecule has 2 aromatic heterocycles. The fourth-order valence-electron chi connectivity index (χ4n) is 5.46. The number of anilines is 2. The van der Waals surface area contributed by atoms with Crippen LogP contribution in [0, 0.1) is 12.7 Å². The van der Waals surface area contributed by atoms with Crippen molar-refractivity contribution in [1.29, 1.82) is 0 Å². The predicted molar refractivity (Wildman–Crippen MR) is 173 cm³/mol. The number of pyridine rings is 1. The Kier molecular flexibility index (Phi) is 8.66. The Morgan fingerprint density at radius 2 is 1.85 bits per heavy atom. The molecule has 0 radical (unpaired) electrons. The number of likely N-dealkylation sites (tertiary alicyclic amines) is 1. The zero-order valence-electron chi connectivity index (χ0n) is 24.9. The maximum atomic E-state index is 13.3. The van der Waals surface area contributed by atoms with E-state index in [2.05, 4.69) is 25.0 Å². The maximum Gasteiger partial charge on any atom is 0.407 e. The number of carbonyl (C=O) groups is 1. The molecule has 13 heteroatoms. The van der Waals surface area contributed by atoms with E-state index in [1.165, 1.54) is 29.2 Å². The third-order valence-corrected chi connectivity index (χ3v) is 8.92. The van der Waals surface area contributed by atoms with Crippen LogP contribution in [0.5, 0.6) is 11.6 Å². The molecule has 0 aliphatic carbocycles. The average Bonchev–Trinajstić information content (AvgIpc) is 3.04. The summed E-state index contributed by atoms with van der Waals surface area (Å²) in [6.45, 7) is 2.73. The van der Waals surface area contributed by atoms with Gasteiger partial charge in [0.05, 0.1) is 22.7 Å². The molecule has 46 heavy (non-hydrogen) atoms. The average molecular weight is 643 g/mol. The molecule has 11 nitrogen and oxygen atoms in total. The minimum Gasteiger partial charge on any atom is -0.465 e. The van der Waals surface area contributed by atoms with Crippen LogP contribution in [0.2, 0.25) is 0 Å². The number of nitrogens with zero attached hydrogens (tertiary/aromatic N) is 4. The molecule has 0 spiro atoms. The Balaban J connectivity index is 1.27. The third-order valence-electron chi connectivity index (χ3n) is 7.67. The molecule has 5 aromatic rings. The largest absolute Gasteiger partial charge is 0.465 e. The van der Waals surface area contributed by atoms with E-state index < -0.39 is 21.9 Å². The summed E-state index contributed by atoms with van der Waals surface area (Å²) in [6, 6.07) is 19.5. The fourth-order valence-corrected chi connectivity index (χ4v) is 6.68. The second-order valence-electron chi connectivity index (χ2n) is 11.0. The number of carboxylic acid groups (broad SMARTS) is 1. The van der Waals surface area contributed by atoms with Gasteiger partial charge in [0.25, 0.3) is 0 Å². The van der Waals surface area contributed by atoms with Gasteiger partial charge in [-0.25, -0.2) is 32.6 Å². The van der Waals surface area contributed by atoms with Crippen LogP contribution in [0.3, 0.4) is 0 Å². The van der Waals surface area contributed by atoms with Crippen molar-refractivity contribution < 1.29 is 27.4 Å². The number of aryl methyl sites for hydroxylation is 1. The standard InChI is InChI=1S/C33H31FN6O5S/c1-21-9-14-25-26(6-2-8-29(25)39-46(43,44)20-22-10-12-23(34)13-11-22)30(21)45-31-27(7-3-16-35-31)28-15-17-36-32(38-28)37-24-5-4-18-40(19-24)33(41)42/h2-3,6-17,24,39H,4-5,18-20H2,1H3,(H,41,42)(H,36,37,38). The number of rotatable bonds is 9. The number of aromatic nitrogens is 3. The number of benzene rings is 3. The smallest absolute Gasteiger partial charge is 0.407 e. The highest BCUT2D eigenvalue weighted by Gasteiger charge is 2.24. The zero-order chi connectivity index (χ0) is 32.3. The lowest BCUT2D eigenvalue weighted by molar-refractivity contribution is 0.132. The SMILES string of the molecule is Cc1ccc2c(NS(=O)(=O)Cc3ccc(F)cc3)cccc2c1Oc1ncccc1-c1ccnc(NC2CCCN(C(=O)O)C2)n1. The summed E-state index contributed by atoms with van der Waals surface area (Å²) in [7, 11) is -3.82. The lowest BCUT2D eigenvalue weighted by Crippen LogP contribution is -2.44. The van der Waals surface area contributed by atoms with E-state index in [9.17, 15) is 22.7 Å². The number of piperidine rings is 1. The van der Waals surface area contributed by atoms with E-state index in [4.69, 9.17) is 4.74 Å². The Hall–Kier alpha value is -5.30. The number of ether oxygens (including phenoxy) is 1.